The van der Waals surface area contributed by atoms with Crippen LogP contribution in [-0.4, -0.2) is 19.3 Å². The van der Waals surface area contributed by atoms with Gasteiger partial charge >= 0.3 is 5.97 Å². The third-order valence-corrected chi connectivity index (χ3v) is 3.01. The number of halogens is 1. The minimum Gasteiger partial charge on any atom is -0.465 e. The highest BCUT2D eigenvalue weighted by Gasteiger charge is 2.14. The molecule has 1 heterocycles. The van der Waals surface area contributed by atoms with Gasteiger partial charge < -0.3 is 4.74 Å². The zero-order chi connectivity index (χ0) is 10.1. The minimum atomic E-state index is -0.294. The van der Waals surface area contributed by atoms with Crippen LogP contribution < -0.4 is 0 Å². The van der Waals surface area contributed by atoms with E-state index in [-0.39, 0.29) is 5.97 Å². The highest BCUT2D eigenvalue weighted by Crippen LogP contribution is 2.23. The molecule has 0 spiro atoms. The van der Waals surface area contributed by atoms with E-state index >= 15 is 0 Å². The van der Waals surface area contributed by atoms with E-state index in [4.69, 9.17) is 0 Å². The number of fused-ring (bicyclic) bond motifs is 1. The van der Waals surface area contributed by atoms with Crippen LogP contribution in [0, 0.1) is 3.57 Å². The molecule has 0 unspecified atom stereocenters. The quantitative estimate of drug-likeness (QED) is 0.588. The lowest BCUT2D eigenvalue weighted by molar-refractivity contribution is 0.0600. The second-order valence-corrected chi connectivity index (χ2v) is 4.15. The fourth-order valence-electron chi connectivity index (χ4n) is 1.42. The number of hydrogen-bond donors (Lipinski definition) is 0. The van der Waals surface area contributed by atoms with Gasteiger partial charge in [-0.15, -0.1) is 0 Å². The van der Waals surface area contributed by atoms with Crippen molar-refractivity contribution >= 4 is 34.8 Å². The van der Waals surface area contributed by atoms with E-state index in [2.05, 4.69) is 32.3 Å². The Balaban J connectivity index is 2.49. The zero-order valence-electron chi connectivity index (χ0n) is 7.58. The molecule has 1 aromatic rings. The van der Waals surface area contributed by atoms with Crippen molar-refractivity contribution in [3.63, 3.8) is 0 Å². The van der Waals surface area contributed by atoms with Crippen molar-refractivity contribution in [2.24, 2.45) is 4.99 Å². The van der Waals surface area contributed by atoms with Gasteiger partial charge in [0, 0.05) is 15.3 Å². The Kier molecular flexibility index (Phi) is 2.54. The van der Waals surface area contributed by atoms with Crippen LogP contribution >= 0.6 is 22.6 Å². The third-order valence-electron chi connectivity index (χ3n) is 2.12. The van der Waals surface area contributed by atoms with Gasteiger partial charge in [0.1, 0.15) is 0 Å². The molecule has 0 radical (unpaired) electrons. The molecule has 0 amide bonds. The molecule has 1 aliphatic rings. The van der Waals surface area contributed by atoms with Gasteiger partial charge in [0.05, 0.1) is 19.2 Å². The number of benzene rings is 1. The van der Waals surface area contributed by atoms with Gasteiger partial charge in [-0.25, -0.2) is 4.79 Å². The molecule has 0 fully saturated rings. The highest BCUT2D eigenvalue weighted by atomic mass is 127. The van der Waals surface area contributed by atoms with Gasteiger partial charge in [0.25, 0.3) is 0 Å². The van der Waals surface area contributed by atoms with Gasteiger partial charge in [-0.05, 0) is 40.3 Å². The first-order valence-electron chi connectivity index (χ1n) is 4.13. The summed E-state index contributed by atoms with van der Waals surface area (Å²) in [6.07, 6.45) is 1.85. The Morgan fingerprint density at radius 2 is 2.36 bits per heavy atom. The van der Waals surface area contributed by atoms with Crippen LogP contribution in [0.1, 0.15) is 21.5 Å². The Labute approximate surface area is 95.3 Å². The summed E-state index contributed by atoms with van der Waals surface area (Å²) < 4.78 is 5.71. The topological polar surface area (TPSA) is 38.7 Å². The van der Waals surface area contributed by atoms with Gasteiger partial charge in [0.2, 0.25) is 0 Å². The van der Waals surface area contributed by atoms with Crippen molar-refractivity contribution in [2.75, 3.05) is 7.11 Å². The molecule has 4 heteroatoms. The van der Waals surface area contributed by atoms with E-state index in [1.165, 1.54) is 7.11 Å². The number of methoxy groups -OCH3 is 1. The molecule has 0 N–H and O–H groups in total. The summed E-state index contributed by atoms with van der Waals surface area (Å²) in [4.78, 5) is 15.5. The normalized spacial score (nSPS) is 12.7. The molecule has 0 bridgehead atoms. The Morgan fingerprint density at radius 1 is 1.57 bits per heavy atom. The molecule has 1 aliphatic heterocycles. The maximum Gasteiger partial charge on any atom is 0.337 e. The number of carbonyl (C=O) groups excluding carboxylic acids is 1. The molecule has 0 atom stereocenters. The number of carbonyl (C=O) groups is 1. The minimum absolute atomic E-state index is 0.294. The van der Waals surface area contributed by atoms with Crippen molar-refractivity contribution in [3.8, 4) is 0 Å². The molecule has 14 heavy (non-hydrogen) atoms. The third kappa shape index (κ3) is 1.54. The number of nitrogens with zero attached hydrogens (tertiary/aromatic N) is 1. The van der Waals surface area contributed by atoms with Crippen molar-refractivity contribution < 1.29 is 9.53 Å². The first-order valence-corrected chi connectivity index (χ1v) is 5.21. The second kappa shape index (κ2) is 3.68. The van der Waals surface area contributed by atoms with E-state index in [0.29, 0.717) is 12.1 Å². The largest absolute Gasteiger partial charge is 0.465 e. The lowest BCUT2D eigenvalue weighted by Gasteiger charge is -2.04. The first-order chi connectivity index (χ1) is 6.72. The molecule has 1 aromatic carbocycles. The fraction of sp³-hybridized carbons (Fsp3) is 0.200. The standard InChI is InChI=1S/C10H8INO2/c1-14-10(13)6-2-7-4-12-5-8(7)9(11)3-6/h2-3,5H,4H2,1H3. The summed E-state index contributed by atoms with van der Waals surface area (Å²) in [7, 11) is 1.39. The van der Waals surface area contributed by atoms with E-state index in [1.54, 1.807) is 0 Å². The zero-order valence-corrected chi connectivity index (χ0v) is 9.74. The average Bonchev–Trinajstić information content (AvgIpc) is 2.64. The van der Waals surface area contributed by atoms with Crippen molar-refractivity contribution in [1.82, 2.24) is 0 Å². The summed E-state index contributed by atoms with van der Waals surface area (Å²) >= 11 is 2.20. The summed E-state index contributed by atoms with van der Waals surface area (Å²) in [5, 5.41) is 0. The Bertz CT molecular complexity index is 426. The Morgan fingerprint density at radius 3 is 3.07 bits per heavy atom. The monoisotopic (exact) mass is 301 g/mol. The second-order valence-electron chi connectivity index (χ2n) is 2.99. The van der Waals surface area contributed by atoms with E-state index in [0.717, 1.165) is 14.7 Å². The molecule has 0 saturated carbocycles. The first kappa shape index (κ1) is 9.64. The smallest absolute Gasteiger partial charge is 0.337 e. The van der Waals surface area contributed by atoms with E-state index < -0.39 is 0 Å². The fourth-order valence-corrected chi connectivity index (χ4v) is 2.24. The van der Waals surface area contributed by atoms with Crippen molar-refractivity contribution in [2.45, 2.75) is 6.54 Å². The lowest BCUT2D eigenvalue weighted by atomic mass is 10.1. The van der Waals surface area contributed by atoms with Crippen LogP contribution in [0.5, 0.6) is 0 Å². The van der Waals surface area contributed by atoms with Crippen molar-refractivity contribution in [3.05, 3.63) is 32.4 Å². The highest BCUT2D eigenvalue weighted by molar-refractivity contribution is 14.1. The summed E-state index contributed by atoms with van der Waals surface area (Å²) in [6, 6.07) is 3.67. The number of aliphatic imine (C=N–C) groups is 1. The van der Waals surface area contributed by atoms with E-state index in [9.17, 15) is 4.79 Å². The summed E-state index contributed by atoms with van der Waals surface area (Å²) in [6.45, 7) is 0.663. The number of esters is 1. The molecule has 0 aliphatic carbocycles. The predicted molar refractivity (Wildman–Crippen MR) is 61.8 cm³/mol. The van der Waals surface area contributed by atoms with Gasteiger partial charge in [-0.1, -0.05) is 0 Å². The van der Waals surface area contributed by atoms with Crippen LogP contribution in [0.3, 0.4) is 0 Å². The van der Waals surface area contributed by atoms with Crippen LogP contribution in [0.25, 0.3) is 0 Å². The number of hydrogen-bond acceptors (Lipinski definition) is 3. The Hall–Kier alpha value is -0.910. The maximum atomic E-state index is 11.3. The molecular weight excluding hydrogens is 293 g/mol. The van der Waals surface area contributed by atoms with Crippen LogP contribution in [0.2, 0.25) is 0 Å². The average molecular weight is 301 g/mol. The predicted octanol–water partition coefficient (Wildman–Crippen LogP) is 2.01. The molecular formula is C10H8INO2. The van der Waals surface area contributed by atoms with Crippen LogP contribution in [-0.2, 0) is 11.3 Å². The van der Waals surface area contributed by atoms with Gasteiger partial charge in [-0.3, -0.25) is 4.99 Å². The molecule has 0 saturated heterocycles. The maximum absolute atomic E-state index is 11.3. The summed E-state index contributed by atoms with van der Waals surface area (Å²) in [5.74, 6) is -0.294. The van der Waals surface area contributed by atoms with E-state index in [1.807, 2.05) is 18.3 Å². The molecule has 72 valence electrons. The number of ether oxygens (including phenoxy) is 1. The molecule has 2 rings (SSSR count). The van der Waals surface area contributed by atoms with Gasteiger partial charge in [-0.2, -0.15) is 0 Å². The van der Waals surface area contributed by atoms with Crippen molar-refractivity contribution in [1.29, 1.82) is 0 Å². The number of rotatable bonds is 1. The lowest BCUT2D eigenvalue weighted by Crippen LogP contribution is -2.03. The van der Waals surface area contributed by atoms with Gasteiger partial charge in [0.15, 0.2) is 0 Å². The molecule has 0 aromatic heterocycles. The summed E-state index contributed by atoms with van der Waals surface area (Å²) in [5.41, 5.74) is 2.82. The van der Waals surface area contributed by atoms with Crippen LogP contribution in [0.15, 0.2) is 17.1 Å². The molecule has 3 nitrogen and oxygen atoms in total. The SMILES string of the molecule is COC(=O)c1cc(I)c2c(c1)CN=C2. The van der Waals surface area contributed by atoms with Crippen LogP contribution in [0.4, 0.5) is 0 Å².